The van der Waals surface area contributed by atoms with E-state index in [4.69, 9.17) is 0 Å². The third-order valence-electron chi connectivity index (χ3n) is 3.37. The zero-order valence-electron chi connectivity index (χ0n) is 12.1. The summed E-state index contributed by atoms with van der Waals surface area (Å²) in [5, 5.41) is 12.6. The predicted octanol–water partition coefficient (Wildman–Crippen LogP) is 2.19. The topological polar surface area (TPSA) is 61.4 Å². The van der Waals surface area contributed by atoms with Crippen molar-refractivity contribution in [3.8, 4) is 11.3 Å². The number of rotatable bonds is 6. The molecule has 6 heteroatoms. The molecular formula is C15H18N6. The van der Waals surface area contributed by atoms with Crippen LogP contribution in [0.15, 0.2) is 43.1 Å². The molecule has 0 saturated heterocycles. The van der Waals surface area contributed by atoms with Gasteiger partial charge in [-0.2, -0.15) is 5.10 Å². The first-order chi connectivity index (χ1) is 10.3. The van der Waals surface area contributed by atoms with Crippen molar-refractivity contribution < 1.29 is 0 Å². The van der Waals surface area contributed by atoms with E-state index in [1.807, 2.05) is 40.2 Å². The van der Waals surface area contributed by atoms with E-state index in [2.05, 4.69) is 33.4 Å². The molecule has 3 heterocycles. The molecule has 3 rings (SSSR count). The summed E-state index contributed by atoms with van der Waals surface area (Å²) in [6.07, 6.45) is 11.5. The lowest BCUT2D eigenvalue weighted by Gasteiger charge is -2.00. The molecule has 0 spiro atoms. The molecule has 0 aliphatic heterocycles. The van der Waals surface area contributed by atoms with Gasteiger partial charge in [-0.25, -0.2) is 0 Å². The molecule has 0 fully saturated rings. The van der Waals surface area contributed by atoms with Crippen LogP contribution in [0.25, 0.3) is 11.3 Å². The zero-order chi connectivity index (χ0) is 14.5. The van der Waals surface area contributed by atoms with Crippen LogP contribution in [0.5, 0.6) is 0 Å². The second-order valence-corrected chi connectivity index (χ2v) is 4.92. The molecule has 0 unspecified atom stereocenters. The molecule has 21 heavy (non-hydrogen) atoms. The Hall–Kier alpha value is -2.50. The zero-order valence-corrected chi connectivity index (χ0v) is 12.1. The van der Waals surface area contributed by atoms with Crippen molar-refractivity contribution in [1.29, 1.82) is 0 Å². The maximum absolute atomic E-state index is 4.25. The van der Waals surface area contributed by atoms with Crippen molar-refractivity contribution in [3.05, 3.63) is 48.7 Å². The van der Waals surface area contributed by atoms with E-state index >= 15 is 0 Å². The first-order valence-corrected chi connectivity index (χ1v) is 7.17. The molecule has 0 aliphatic rings. The monoisotopic (exact) mass is 282 g/mol. The van der Waals surface area contributed by atoms with Crippen LogP contribution in [0.1, 0.15) is 18.9 Å². The Labute approximate surface area is 123 Å². The van der Waals surface area contributed by atoms with Crippen LogP contribution >= 0.6 is 0 Å². The smallest absolute Gasteiger partial charge is 0.116 e. The number of hydrogen-bond acceptors (Lipinski definition) is 4. The highest BCUT2D eigenvalue weighted by atomic mass is 15.4. The van der Waals surface area contributed by atoms with E-state index in [0.29, 0.717) is 0 Å². The van der Waals surface area contributed by atoms with Crippen molar-refractivity contribution in [1.82, 2.24) is 29.8 Å². The Morgan fingerprint density at radius 2 is 2.10 bits per heavy atom. The molecule has 108 valence electrons. The summed E-state index contributed by atoms with van der Waals surface area (Å²) < 4.78 is 3.77. The fourth-order valence-corrected chi connectivity index (χ4v) is 2.20. The quantitative estimate of drug-likeness (QED) is 0.695. The summed E-state index contributed by atoms with van der Waals surface area (Å²) in [4.78, 5) is 4.12. The van der Waals surface area contributed by atoms with Gasteiger partial charge in [0.25, 0.3) is 0 Å². The summed E-state index contributed by atoms with van der Waals surface area (Å²) in [5.74, 6) is 0. The lowest BCUT2D eigenvalue weighted by atomic mass is 10.1. The highest BCUT2D eigenvalue weighted by Gasteiger charge is 2.06. The van der Waals surface area contributed by atoms with Gasteiger partial charge < -0.3 is 0 Å². The average molecular weight is 282 g/mol. The van der Waals surface area contributed by atoms with E-state index in [1.165, 1.54) is 5.56 Å². The SMILES string of the molecule is CCn1cc(-c2cn(CCCc3cccnc3)nn2)cn1. The Morgan fingerprint density at radius 1 is 1.14 bits per heavy atom. The number of nitrogens with zero attached hydrogens (tertiary/aromatic N) is 6. The highest BCUT2D eigenvalue weighted by Crippen LogP contribution is 2.14. The summed E-state index contributed by atoms with van der Waals surface area (Å²) in [6.45, 7) is 3.77. The van der Waals surface area contributed by atoms with Crippen molar-refractivity contribution in [2.75, 3.05) is 0 Å². The Bertz CT molecular complexity index is 685. The van der Waals surface area contributed by atoms with Crippen LogP contribution in [-0.4, -0.2) is 29.8 Å². The molecule has 6 nitrogen and oxygen atoms in total. The fraction of sp³-hybridized carbons (Fsp3) is 0.333. The molecule has 3 aromatic rings. The van der Waals surface area contributed by atoms with E-state index in [0.717, 1.165) is 37.2 Å². The minimum absolute atomic E-state index is 0.851. The number of pyridine rings is 1. The average Bonchev–Trinajstić information content (AvgIpc) is 3.17. The Kier molecular flexibility index (Phi) is 4.04. The highest BCUT2D eigenvalue weighted by molar-refractivity contribution is 5.54. The van der Waals surface area contributed by atoms with E-state index < -0.39 is 0 Å². The summed E-state index contributed by atoms with van der Waals surface area (Å²) in [7, 11) is 0. The minimum Gasteiger partial charge on any atom is -0.272 e. The van der Waals surface area contributed by atoms with Gasteiger partial charge in [0.15, 0.2) is 0 Å². The Morgan fingerprint density at radius 3 is 2.86 bits per heavy atom. The summed E-state index contributed by atoms with van der Waals surface area (Å²) in [6, 6.07) is 4.06. The van der Waals surface area contributed by atoms with Crippen LogP contribution in [0, 0.1) is 0 Å². The first kappa shape index (κ1) is 13.5. The van der Waals surface area contributed by atoms with Gasteiger partial charge in [0.1, 0.15) is 5.69 Å². The van der Waals surface area contributed by atoms with E-state index in [9.17, 15) is 0 Å². The second kappa shape index (κ2) is 6.30. The maximum atomic E-state index is 4.25. The van der Waals surface area contributed by atoms with Gasteiger partial charge in [0.2, 0.25) is 0 Å². The van der Waals surface area contributed by atoms with Gasteiger partial charge in [-0.15, -0.1) is 5.10 Å². The predicted molar refractivity (Wildman–Crippen MR) is 79.5 cm³/mol. The molecule has 3 aromatic heterocycles. The fourth-order valence-electron chi connectivity index (χ4n) is 2.20. The molecule has 0 atom stereocenters. The standard InChI is InChI=1S/C15H18N6/c1-2-20-11-14(10-17-20)15-12-21(19-18-15)8-4-6-13-5-3-7-16-9-13/h3,5,7,9-12H,2,4,6,8H2,1H3. The maximum Gasteiger partial charge on any atom is 0.116 e. The van der Waals surface area contributed by atoms with E-state index in [-0.39, 0.29) is 0 Å². The van der Waals surface area contributed by atoms with Crippen LogP contribution in [0.3, 0.4) is 0 Å². The van der Waals surface area contributed by atoms with Crippen LogP contribution in [0.4, 0.5) is 0 Å². The third kappa shape index (κ3) is 3.34. The van der Waals surface area contributed by atoms with E-state index in [1.54, 1.807) is 6.20 Å². The number of hydrogen-bond donors (Lipinski definition) is 0. The molecule has 0 aromatic carbocycles. The summed E-state index contributed by atoms with van der Waals surface area (Å²) in [5.41, 5.74) is 3.13. The van der Waals surface area contributed by atoms with Gasteiger partial charge in [0, 0.05) is 37.2 Å². The van der Waals surface area contributed by atoms with Gasteiger partial charge in [-0.3, -0.25) is 14.3 Å². The molecule has 0 N–H and O–H groups in total. The Balaban J connectivity index is 1.58. The molecule has 0 radical (unpaired) electrons. The third-order valence-corrected chi connectivity index (χ3v) is 3.37. The normalized spacial score (nSPS) is 10.9. The van der Waals surface area contributed by atoms with Crippen LogP contribution in [-0.2, 0) is 19.5 Å². The lowest BCUT2D eigenvalue weighted by Crippen LogP contribution is -2.00. The number of aromatic nitrogens is 6. The minimum atomic E-state index is 0.851. The molecule has 0 aliphatic carbocycles. The van der Waals surface area contributed by atoms with Gasteiger partial charge in [-0.05, 0) is 31.4 Å². The second-order valence-electron chi connectivity index (χ2n) is 4.92. The van der Waals surface area contributed by atoms with Crippen LogP contribution < -0.4 is 0 Å². The van der Waals surface area contributed by atoms with Crippen molar-refractivity contribution in [3.63, 3.8) is 0 Å². The van der Waals surface area contributed by atoms with Crippen LogP contribution in [0.2, 0.25) is 0 Å². The van der Waals surface area contributed by atoms with Crippen molar-refractivity contribution in [2.24, 2.45) is 0 Å². The molecule has 0 bridgehead atoms. The van der Waals surface area contributed by atoms with Crippen molar-refractivity contribution in [2.45, 2.75) is 32.9 Å². The first-order valence-electron chi connectivity index (χ1n) is 7.17. The lowest BCUT2D eigenvalue weighted by molar-refractivity contribution is 0.558. The van der Waals surface area contributed by atoms with Gasteiger partial charge in [-0.1, -0.05) is 11.3 Å². The molecule has 0 saturated carbocycles. The van der Waals surface area contributed by atoms with Gasteiger partial charge in [0.05, 0.1) is 12.4 Å². The molecular weight excluding hydrogens is 264 g/mol. The number of aryl methyl sites for hydroxylation is 3. The van der Waals surface area contributed by atoms with Crippen molar-refractivity contribution >= 4 is 0 Å². The van der Waals surface area contributed by atoms with Gasteiger partial charge >= 0.3 is 0 Å². The largest absolute Gasteiger partial charge is 0.272 e. The summed E-state index contributed by atoms with van der Waals surface area (Å²) >= 11 is 0. The molecule has 0 amide bonds.